The van der Waals surface area contributed by atoms with Gasteiger partial charge in [-0.2, -0.15) is 0 Å². The van der Waals surface area contributed by atoms with Gasteiger partial charge in [0.25, 0.3) is 10.2 Å². The van der Waals surface area contributed by atoms with Gasteiger partial charge in [0.15, 0.2) is 0 Å². The van der Waals surface area contributed by atoms with Crippen LogP contribution in [-0.4, -0.2) is 22.4 Å². The van der Waals surface area contributed by atoms with Gasteiger partial charge in [0.1, 0.15) is 12.2 Å². The smallest absolute Gasteiger partial charge is 0.295 e. The quantitative estimate of drug-likeness (QED) is 0.441. The van der Waals surface area contributed by atoms with Crippen LogP contribution in [0.1, 0.15) is 13.8 Å². The van der Waals surface area contributed by atoms with Gasteiger partial charge >= 0.3 is 0 Å². The molecule has 0 rings (SSSR count). The van der Waals surface area contributed by atoms with E-state index in [-0.39, 0.29) is 0 Å². The van der Waals surface area contributed by atoms with Crippen LogP contribution < -0.4 is 0 Å². The number of rotatable bonds is 5. The maximum absolute atomic E-state index is 9.82. The van der Waals surface area contributed by atoms with E-state index in [1.165, 1.54) is 13.8 Å². The second kappa shape index (κ2) is 3.69. The normalized spacial score (nSPS) is 10.5. The highest BCUT2D eigenvalue weighted by Crippen LogP contribution is 2.09. The Labute approximate surface area is 67.3 Å². The van der Waals surface area contributed by atoms with E-state index in [2.05, 4.69) is 9.68 Å². The summed E-state index contributed by atoms with van der Waals surface area (Å²) in [6, 6.07) is 0. The molecule has 0 aliphatic heterocycles. The summed E-state index contributed by atoms with van der Waals surface area (Å²) in [6.07, 6.45) is 0. The van der Waals surface area contributed by atoms with Gasteiger partial charge < -0.3 is 9.68 Å². The van der Waals surface area contributed by atoms with Gasteiger partial charge in [-0.3, -0.25) is 0 Å². The minimum Gasteiger partial charge on any atom is -0.311 e. The fourth-order valence-electron chi connectivity index (χ4n) is 0.436. The second-order valence-electron chi connectivity index (χ2n) is 2.57. The highest BCUT2D eigenvalue weighted by molar-refractivity contribution is 4.63. The predicted molar refractivity (Wildman–Crippen MR) is 35.1 cm³/mol. The lowest BCUT2D eigenvalue weighted by atomic mass is 10.2. The molecule has 0 saturated carbocycles. The Bertz CT molecular complexity index is 190. The van der Waals surface area contributed by atoms with Crippen molar-refractivity contribution in [3.05, 3.63) is 20.2 Å². The minimum atomic E-state index is -1.31. The third-order valence-corrected chi connectivity index (χ3v) is 0.839. The molecular formula is C4H8N2O6. The lowest BCUT2D eigenvalue weighted by Crippen LogP contribution is -2.34. The summed E-state index contributed by atoms with van der Waals surface area (Å²) in [7, 11) is 0. The van der Waals surface area contributed by atoms with E-state index in [0.29, 0.717) is 0 Å². The van der Waals surface area contributed by atoms with Gasteiger partial charge in [0.2, 0.25) is 0 Å². The first-order valence-electron chi connectivity index (χ1n) is 2.94. The van der Waals surface area contributed by atoms with E-state index in [9.17, 15) is 20.2 Å². The van der Waals surface area contributed by atoms with E-state index >= 15 is 0 Å². The van der Waals surface area contributed by atoms with Crippen molar-refractivity contribution in [1.82, 2.24) is 0 Å². The highest BCUT2D eigenvalue weighted by Gasteiger charge is 2.24. The van der Waals surface area contributed by atoms with Gasteiger partial charge in [-0.05, 0) is 13.8 Å². The van der Waals surface area contributed by atoms with E-state index < -0.39 is 22.4 Å². The Balaban J connectivity index is 3.86. The van der Waals surface area contributed by atoms with Crippen molar-refractivity contribution in [2.24, 2.45) is 0 Å². The van der Waals surface area contributed by atoms with Gasteiger partial charge in [-0.25, -0.2) is 0 Å². The zero-order valence-electron chi connectivity index (χ0n) is 6.55. The topological polar surface area (TPSA) is 105 Å². The molecule has 12 heavy (non-hydrogen) atoms. The summed E-state index contributed by atoms with van der Waals surface area (Å²) in [5.74, 6) is 0. The first kappa shape index (κ1) is 10.4. The van der Waals surface area contributed by atoms with Crippen molar-refractivity contribution in [2.45, 2.75) is 19.4 Å². The van der Waals surface area contributed by atoms with Crippen molar-refractivity contribution in [1.29, 1.82) is 0 Å². The molecule has 0 unspecified atom stereocenters. The fraction of sp³-hybridized carbons (Fsp3) is 1.00. The molecule has 8 heteroatoms. The third-order valence-electron chi connectivity index (χ3n) is 0.839. The van der Waals surface area contributed by atoms with Gasteiger partial charge in [-0.15, -0.1) is 20.2 Å². The second-order valence-corrected chi connectivity index (χ2v) is 2.57. The SMILES string of the molecule is CC(C)(CO[N+](=O)[O-])O[N+](=O)[O-]. The van der Waals surface area contributed by atoms with Crippen LogP contribution >= 0.6 is 0 Å². The van der Waals surface area contributed by atoms with Crippen LogP contribution in [0.2, 0.25) is 0 Å². The Morgan fingerprint density at radius 3 is 2.08 bits per heavy atom. The fourth-order valence-corrected chi connectivity index (χ4v) is 0.436. The zero-order chi connectivity index (χ0) is 9.78. The third kappa shape index (κ3) is 5.21. The van der Waals surface area contributed by atoms with E-state index in [0.717, 1.165) is 0 Å². The standard InChI is InChI=1S/C4H8N2O6/c1-4(2,12-6(9)10)3-11-5(7)8/h3H2,1-2H3. The first-order chi connectivity index (χ1) is 5.33. The summed E-state index contributed by atoms with van der Waals surface area (Å²) in [4.78, 5) is 27.5. The lowest BCUT2D eigenvalue weighted by molar-refractivity contribution is -0.799. The summed E-state index contributed by atoms with van der Waals surface area (Å²) < 4.78 is 0. The van der Waals surface area contributed by atoms with E-state index in [1.54, 1.807) is 0 Å². The monoisotopic (exact) mass is 180 g/mol. The van der Waals surface area contributed by atoms with Crippen LogP contribution in [0.3, 0.4) is 0 Å². The van der Waals surface area contributed by atoms with Crippen LogP contribution in [0.25, 0.3) is 0 Å². The molecule has 8 nitrogen and oxygen atoms in total. The average molecular weight is 180 g/mol. The molecule has 0 aliphatic carbocycles. The molecule has 0 aromatic heterocycles. The van der Waals surface area contributed by atoms with Crippen LogP contribution in [0.15, 0.2) is 0 Å². The lowest BCUT2D eigenvalue weighted by Gasteiger charge is -2.19. The molecule has 0 spiro atoms. The molecule has 0 atom stereocenters. The molecule has 0 radical (unpaired) electrons. The molecule has 0 saturated heterocycles. The minimum absolute atomic E-state index is 0.485. The maximum Gasteiger partial charge on any atom is 0.295 e. The van der Waals surface area contributed by atoms with Crippen molar-refractivity contribution in [3.63, 3.8) is 0 Å². The van der Waals surface area contributed by atoms with Crippen molar-refractivity contribution < 1.29 is 19.8 Å². The molecule has 0 amide bonds. The Morgan fingerprint density at radius 1 is 1.25 bits per heavy atom. The molecule has 0 aromatic rings. The predicted octanol–water partition coefficient (Wildman–Crippen LogP) is 0.182. The molecular weight excluding hydrogens is 172 g/mol. The van der Waals surface area contributed by atoms with Crippen molar-refractivity contribution in [2.75, 3.05) is 6.61 Å². The van der Waals surface area contributed by atoms with Crippen molar-refractivity contribution >= 4 is 0 Å². The van der Waals surface area contributed by atoms with Gasteiger partial charge in [0, 0.05) is 0 Å². The largest absolute Gasteiger partial charge is 0.311 e. The highest BCUT2D eigenvalue weighted by atomic mass is 17.0. The Morgan fingerprint density at radius 2 is 1.75 bits per heavy atom. The van der Waals surface area contributed by atoms with E-state index in [1.807, 2.05) is 0 Å². The zero-order valence-corrected chi connectivity index (χ0v) is 6.55. The summed E-state index contributed by atoms with van der Waals surface area (Å²) in [5, 5.41) is 17.4. The molecule has 0 aliphatic rings. The number of hydrogen-bond donors (Lipinski definition) is 0. The Kier molecular flexibility index (Phi) is 3.20. The summed E-state index contributed by atoms with van der Waals surface area (Å²) in [6.45, 7) is 2.12. The average Bonchev–Trinajstić information content (AvgIpc) is 1.81. The van der Waals surface area contributed by atoms with Crippen molar-refractivity contribution in [3.8, 4) is 0 Å². The van der Waals surface area contributed by atoms with Crippen LogP contribution in [0, 0.1) is 20.2 Å². The molecule has 0 bridgehead atoms. The molecule has 0 fully saturated rings. The van der Waals surface area contributed by atoms with Crippen LogP contribution in [-0.2, 0) is 9.68 Å². The molecule has 0 N–H and O–H groups in total. The molecule has 0 heterocycles. The number of nitrogens with zero attached hydrogens (tertiary/aromatic N) is 2. The van der Waals surface area contributed by atoms with Crippen LogP contribution in [0.5, 0.6) is 0 Å². The number of hydrogen-bond acceptors (Lipinski definition) is 6. The molecule has 70 valence electrons. The first-order valence-corrected chi connectivity index (χ1v) is 2.94. The van der Waals surface area contributed by atoms with Gasteiger partial charge in [-0.1, -0.05) is 0 Å². The maximum atomic E-state index is 9.82. The Hall–Kier alpha value is -1.60. The van der Waals surface area contributed by atoms with E-state index in [4.69, 9.17) is 0 Å². The summed E-state index contributed by atoms with van der Waals surface area (Å²) in [5.41, 5.74) is -1.31. The van der Waals surface area contributed by atoms with Crippen LogP contribution in [0.4, 0.5) is 0 Å². The summed E-state index contributed by atoms with van der Waals surface area (Å²) >= 11 is 0. The molecule has 0 aromatic carbocycles. The van der Waals surface area contributed by atoms with Gasteiger partial charge in [0.05, 0.1) is 0 Å².